The Balaban J connectivity index is 2.43. The smallest absolute Gasteiger partial charge is 0.317 e. The van der Waals surface area contributed by atoms with Gasteiger partial charge in [0, 0.05) is 38.3 Å². The van der Waals surface area contributed by atoms with Gasteiger partial charge in [0.25, 0.3) is 0 Å². The Morgan fingerprint density at radius 2 is 2.05 bits per heavy atom. The lowest BCUT2D eigenvalue weighted by molar-refractivity contribution is 0.114. The number of nitrogens with zero attached hydrogens (tertiary/aromatic N) is 2. The first kappa shape index (κ1) is 17.0. The monoisotopic (exact) mass is 283 g/mol. The second kappa shape index (κ2) is 8.27. The molecule has 2 N–H and O–H groups in total. The summed E-state index contributed by atoms with van der Waals surface area (Å²) in [5.41, 5.74) is 0. The van der Waals surface area contributed by atoms with Crippen LogP contribution in [0.5, 0.6) is 0 Å². The second-order valence-electron chi connectivity index (χ2n) is 5.91. The van der Waals surface area contributed by atoms with Crippen LogP contribution in [0, 0.1) is 0 Å². The molecule has 1 aliphatic heterocycles. The highest BCUT2D eigenvalue weighted by Crippen LogP contribution is 2.11. The molecular weight excluding hydrogens is 254 g/mol. The third-order valence-electron chi connectivity index (χ3n) is 3.65. The van der Waals surface area contributed by atoms with Gasteiger partial charge in [-0.15, -0.1) is 6.58 Å². The van der Waals surface area contributed by atoms with Gasteiger partial charge < -0.3 is 15.3 Å². The summed E-state index contributed by atoms with van der Waals surface area (Å²) >= 11 is 0. The molecule has 0 saturated carbocycles. The fourth-order valence-corrected chi connectivity index (χ4v) is 2.51. The van der Waals surface area contributed by atoms with E-state index >= 15 is 0 Å². The number of likely N-dealkylation sites (tertiary alicyclic amines) is 1. The first-order valence-corrected chi connectivity index (χ1v) is 7.52. The highest BCUT2D eigenvalue weighted by Gasteiger charge is 2.24. The average molecular weight is 283 g/mol. The molecule has 1 fully saturated rings. The zero-order chi connectivity index (χ0) is 15.1. The topological polar surface area (TPSA) is 55.8 Å². The Kier molecular flexibility index (Phi) is 7.02. The molecule has 0 spiro atoms. The Bertz CT molecular complexity index is 310. The van der Waals surface area contributed by atoms with Crippen LogP contribution in [0.4, 0.5) is 4.79 Å². The Hall–Kier alpha value is -1.07. The number of carbonyl (C=O) groups excluding carboxylic acids is 1. The normalized spacial score (nSPS) is 18.9. The van der Waals surface area contributed by atoms with E-state index in [1.165, 1.54) is 0 Å². The molecular formula is C15H29N3O2. The average Bonchev–Trinajstić information content (AvgIpc) is 2.38. The van der Waals surface area contributed by atoms with Gasteiger partial charge in [-0.1, -0.05) is 6.08 Å². The maximum absolute atomic E-state index is 12.3. The van der Waals surface area contributed by atoms with E-state index in [0.29, 0.717) is 6.54 Å². The fraction of sp³-hybridized carbons (Fsp3) is 0.800. The SMILES string of the molecule is C=CCN1CCC(NC(=O)N(CC(C)O)C(C)C)CC1. The lowest BCUT2D eigenvalue weighted by atomic mass is 10.1. The number of urea groups is 1. The van der Waals surface area contributed by atoms with Crippen molar-refractivity contribution in [3.05, 3.63) is 12.7 Å². The van der Waals surface area contributed by atoms with Gasteiger partial charge in [-0.2, -0.15) is 0 Å². The molecule has 0 aliphatic carbocycles. The Morgan fingerprint density at radius 3 is 2.50 bits per heavy atom. The number of aliphatic hydroxyl groups is 1. The Morgan fingerprint density at radius 1 is 1.45 bits per heavy atom. The van der Waals surface area contributed by atoms with Crippen LogP contribution in [0.1, 0.15) is 33.6 Å². The van der Waals surface area contributed by atoms with Crippen molar-refractivity contribution in [3.63, 3.8) is 0 Å². The van der Waals surface area contributed by atoms with Crippen molar-refractivity contribution in [2.24, 2.45) is 0 Å². The van der Waals surface area contributed by atoms with E-state index in [1.807, 2.05) is 19.9 Å². The van der Waals surface area contributed by atoms with Gasteiger partial charge in [0.2, 0.25) is 0 Å². The zero-order valence-electron chi connectivity index (χ0n) is 13.0. The van der Waals surface area contributed by atoms with Crippen molar-refractivity contribution in [3.8, 4) is 0 Å². The minimum absolute atomic E-state index is 0.0666. The molecule has 1 atom stereocenters. The van der Waals surface area contributed by atoms with Gasteiger partial charge in [0.05, 0.1) is 6.10 Å². The molecule has 0 aromatic rings. The zero-order valence-corrected chi connectivity index (χ0v) is 13.0. The van der Waals surface area contributed by atoms with Crippen LogP contribution in [0.15, 0.2) is 12.7 Å². The van der Waals surface area contributed by atoms with Crippen LogP contribution < -0.4 is 5.32 Å². The summed E-state index contributed by atoms with van der Waals surface area (Å²) in [5, 5.41) is 12.6. The number of aliphatic hydroxyl groups excluding tert-OH is 1. The largest absolute Gasteiger partial charge is 0.392 e. The van der Waals surface area contributed by atoms with Gasteiger partial charge in [-0.3, -0.25) is 4.90 Å². The van der Waals surface area contributed by atoms with E-state index in [4.69, 9.17) is 0 Å². The van der Waals surface area contributed by atoms with E-state index in [1.54, 1.807) is 11.8 Å². The molecule has 1 rings (SSSR count). The van der Waals surface area contributed by atoms with Crippen molar-refractivity contribution in [2.45, 2.75) is 51.8 Å². The third kappa shape index (κ3) is 5.51. The summed E-state index contributed by atoms with van der Waals surface area (Å²) in [6, 6.07) is 0.257. The summed E-state index contributed by atoms with van der Waals surface area (Å²) in [7, 11) is 0. The molecule has 0 bridgehead atoms. The summed E-state index contributed by atoms with van der Waals surface area (Å²) < 4.78 is 0. The molecule has 1 saturated heterocycles. The second-order valence-corrected chi connectivity index (χ2v) is 5.91. The van der Waals surface area contributed by atoms with Crippen molar-refractivity contribution >= 4 is 6.03 Å². The van der Waals surface area contributed by atoms with Crippen LogP contribution in [0.2, 0.25) is 0 Å². The van der Waals surface area contributed by atoms with Crippen molar-refractivity contribution in [1.82, 2.24) is 15.1 Å². The van der Waals surface area contributed by atoms with Gasteiger partial charge in [-0.05, 0) is 33.6 Å². The van der Waals surface area contributed by atoms with Gasteiger partial charge >= 0.3 is 6.03 Å². The van der Waals surface area contributed by atoms with Crippen LogP contribution in [0.3, 0.4) is 0 Å². The van der Waals surface area contributed by atoms with Crippen molar-refractivity contribution < 1.29 is 9.90 Å². The standard InChI is InChI=1S/C15H29N3O2/c1-5-8-17-9-6-14(7-10-17)16-15(20)18(12(2)3)11-13(4)19/h5,12-14,19H,1,6-11H2,2-4H3,(H,16,20). The predicted octanol–water partition coefficient (Wildman–Crippen LogP) is 1.44. The molecule has 0 aromatic heterocycles. The lowest BCUT2D eigenvalue weighted by Gasteiger charge is -2.34. The molecule has 0 radical (unpaired) electrons. The first-order valence-electron chi connectivity index (χ1n) is 7.52. The van der Waals surface area contributed by atoms with E-state index < -0.39 is 6.10 Å². The molecule has 1 aliphatic rings. The van der Waals surface area contributed by atoms with Crippen LogP contribution >= 0.6 is 0 Å². The van der Waals surface area contributed by atoms with Gasteiger partial charge in [0.15, 0.2) is 0 Å². The number of hydrogen-bond acceptors (Lipinski definition) is 3. The number of amides is 2. The quantitative estimate of drug-likeness (QED) is 0.725. The molecule has 0 aromatic carbocycles. The van der Waals surface area contributed by atoms with Crippen LogP contribution in [-0.2, 0) is 0 Å². The third-order valence-corrected chi connectivity index (χ3v) is 3.65. The molecule has 116 valence electrons. The Labute approximate surface area is 122 Å². The van der Waals surface area contributed by atoms with E-state index in [2.05, 4.69) is 16.8 Å². The lowest BCUT2D eigenvalue weighted by Crippen LogP contribution is -2.52. The number of nitrogens with one attached hydrogen (secondary N) is 1. The maximum Gasteiger partial charge on any atom is 0.317 e. The molecule has 1 heterocycles. The fourth-order valence-electron chi connectivity index (χ4n) is 2.51. The molecule has 5 heteroatoms. The summed E-state index contributed by atoms with van der Waals surface area (Å²) in [4.78, 5) is 16.3. The van der Waals surface area contributed by atoms with Crippen LogP contribution in [0.25, 0.3) is 0 Å². The number of hydrogen-bond donors (Lipinski definition) is 2. The minimum Gasteiger partial charge on any atom is -0.392 e. The molecule has 5 nitrogen and oxygen atoms in total. The molecule has 1 unspecified atom stereocenters. The number of carbonyl (C=O) groups is 1. The molecule has 2 amide bonds. The number of rotatable bonds is 6. The summed E-state index contributed by atoms with van der Waals surface area (Å²) in [6.45, 7) is 12.7. The van der Waals surface area contributed by atoms with Crippen molar-refractivity contribution in [1.29, 1.82) is 0 Å². The van der Waals surface area contributed by atoms with Gasteiger partial charge in [-0.25, -0.2) is 4.79 Å². The van der Waals surface area contributed by atoms with Gasteiger partial charge in [0.1, 0.15) is 0 Å². The van der Waals surface area contributed by atoms with E-state index in [9.17, 15) is 9.90 Å². The van der Waals surface area contributed by atoms with E-state index in [0.717, 1.165) is 32.5 Å². The maximum atomic E-state index is 12.3. The minimum atomic E-state index is -0.502. The highest BCUT2D eigenvalue weighted by molar-refractivity contribution is 5.74. The summed E-state index contributed by atoms with van der Waals surface area (Å²) in [6.07, 6.45) is 3.36. The predicted molar refractivity (Wildman–Crippen MR) is 81.7 cm³/mol. The van der Waals surface area contributed by atoms with Crippen LogP contribution in [-0.4, -0.2) is 65.3 Å². The first-order chi connectivity index (χ1) is 9.43. The number of piperidine rings is 1. The van der Waals surface area contributed by atoms with E-state index in [-0.39, 0.29) is 18.1 Å². The highest BCUT2D eigenvalue weighted by atomic mass is 16.3. The van der Waals surface area contributed by atoms with Crippen molar-refractivity contribution in [2.75, 3.05) is 26.2 Å². The molecule has 20 heavy (non-hydrogen) atoms. The summed E-state index contributed by atoms with van der Waals surface area (Å²) in [5.74, 6) is 0.